The minimum atomic E-state index is 0.0115. The maximum atomic E-state index is 5.63. The van der Waals surface area contributed by atoms with Crippen molar-refractivity contribution < 1.29 is 4.74 Å². The number of benzene rings is 1. The molecule has 1 aromatic carbocycles. The van der Waals surface area contributed by atoms with Crippen LogP contribution in [-0.2, 0) is 0 Å². The summed E-state index contributed by atoms with van der Waals surface area (Å²) in [6, 6.07) is 6.25. The summed E-state index contributed by atoms with van der Waals surface area (Å²) in [7, 11) is 1.71. The van der Waals surface area contributed by atoms with E-state index in [1.165, 1.54) is 5.56 Å². The molecule has 0 aliphatic carbocycles. The van der Waals surface area contributed by atoms with E-state index in [-0.39, 0.29) is 5.54 Å². The summed E-state index contributed by atoms with van der Waals surface area (Å²) in [6.07, 6.45) is 0.941. The molecule has 0 aliphatic heterocycles. The van der Waals surface area contributed by atoms with Crippen LogP contribution in [0.15, 0.2) is 18.2 Å². The van der Waals surface area contributed by atoms with E-state index in [0.29, 0.717) is 12.5 Å². The van der Waals surface area contributed by atoms with Crippen LogP contribution in [0.2, 0.25) is 0 Å². The Hall–Kier alpha value is -1.22. The van der Waals surface area contributed by atoms with Crippen LogP contribution in [0, 0.1) is 0 Å². The Balaban J connectivity index is 2.95. The molecule has 0 aliphatic rings. The van der Waals surface area contributed by atoms with Gasteiger partial charge in [-0.1, -0.05) is 13.8 Å². The summed E-state index contributed by atoms with van der Waals surface area (Å²) in [6.45, 7) is 9.37. The van der Waals surface area contributed by atoms with E-state index in [0.717, 1.165) is 17.9 Å². The predicted molar refractivity (Wildman–Crippen MR) is 78.5 cm³/mol. The van der Waals surface area contributed by atoms with E-state index in [4.69, 9.17) is 10.5 Å². The molecule has 0 atom stereocenters. The Morgan fingerprint density at radius 1 is 1.33 bits per heavy atom. The third kappa shape index (κ3) is 3.91. The first-order valence-electron chi connectivity index (χ1n) is 6.56. The van der Waals surface area contributed by atoms with E-state index in [1.807, 2.05) is 6.07 Å². The second-order valence-corrected chi connectivity index (χ2v) is 5.66. The first kappa shape index (κ1) is 14.8. The van der Waals surface area contributed by atoms with Crippen molar-refractivity contribution in [2.45, 2.75) is 45.6 Å². The van der Waals surface area contributed by atoms with Crippen molar-refractivity contribution in [1.82, 2.24) is 0 Å². The molecule has 102 valence electrons. The summed E-state index contributed by atoms with van der Waals surface area (Å²) in [5.74, 6) is 1.39. The number of methoxy groups -OCH3 is 1. The molecule has 0 bridgehead atoms. The Bertz CT molecular complexity index is 386. The summed E-state index contributed by atoms with van der Waals surface area (Å²) in [4.78, 5) is 0. The van der Waals surface area contributed by atoms with Gasteiger partial charge in [-0.2, -0.15) is 0 Å². The monoisotopic (exact) mass is 250 g/mol. The summed E-state index contributed by atoms with van der Waals surface area (Å²) < 4.78 is 5.39. The lowest BCUT2D eigenvalue weighted by Gasteiger charge is -2.27. The molecule has 1 rings (SSSR count). The molecule has 0 heterocycles. The molecule has 3 N–H and O–H groups in total. The van der Waals surface area contributed by atoms with Gasteiger partial charge in [0, 0.05) is 11.2 Å². The third-order valence-corrected chi connectivity index (χ3v) is 3.10. The van der Waals surface area contributed by atoms with Gasteiger partial charge in [0.2, 0.25) is 0 Å². The molecule has 0 spiro atoms. The van der Waals surface area contributed by atoms with Gasteiger partial charge < -0.3 is 15.8 Å². The molecular formula is C15H26N2O. The van der Waals surface area contributed by atoms with Gasteiger partial charge in [0.1, 0.15) is 5.75 Å². The Kier molecular flexibility index (Phi) is 5.03. The highest BCUT2D eigenvalue weighted by Crippen LogP contribution is 2.30. The minimum absolute atomic E-state index is 0.0115. The van der Waals surface area contributed by atoms with Gasteiger partial charge in [-0.3, -0.25) is 0 Å². The molecule has 0 fully saturated rings. The average molecular weight is 250 g/mol. The van der Waals surface area contributed by atoms with Crippen LogP contribution < -0.4 is 15.8 Å². The zero-order chi connectivity index (χ0) is 13.8. The topological polar surface area (TPSA) is 47.3 Å². The van der Waals surface area contributed by atoms with Crippen molar-refractivity contribution in [3.63, 3.8) is 0 Å². The van der Waals surface area contributed by atoms with Gasteiger partial charge in [0.25, 0.3) is 0 Å². The highest BCUT2D eigenvalue weighted by atomic mass is 16.5. The second-order valence-electron chi connectivity index (χ2n) is 5.66. The van der Waals surface area contributed by atoms with E-state index < -0.39 is 0 Å². The maximum absolute atomic E-state index is 5.63. The van der Waals surface area contributed by atoms with Crippen molar-refractivity contribution in [2.24, 2.45) is 5.73 Å². The van der Waals surface area contributed by atoms with Crippen LogP contribution in [0.5, 0.6) is 5.75 Å². The summed E-state index contributed by atoms with van der Waals surface area (Å²) >= 11 is 0. The van der Waals surface area contributed by atoms with Crippen molar-refractivity contribution in [1.29, 1.82) is 0 Å². The lowest BCUT2D eigenvalue weighted by molar-refractivity contribution is 0.407. The van der Waals surface area contributed by atoms with Crippen LogP contribution in [-0.4, -0.2) is 19.2 Å². The molecule has 0 saturated heterocycles. The molecule has 0 radical (unpaired) electrons. The zero-order valence-corrected chi connectivity index (χ0v) is 12.2. The fraction of sp³-hybridized carbons (Fsp3) is 0.600. The average Bonchev–Trinajstić information content (AvgIpc) is 2.28. The Morgan fingerprint density at radius 2 is 2.00 bits per heavy atom. The van der Waals surface area contributed by atoms with Crippen molar-refractivity contribution in [3.05, 3.63) is 23.8 Å². The lowest BCUT2D eigenvalue weighted by Crippen LogP contribution is -2.33. The number of nitrogens with one attached hydrogen (secondary N) is 1. The van der Waals surface area contributed by atoms with Gasteiger partial charge >= 0.3 is 0 Å². The highest BCUT2D eigenvalue weighted by molar-refractivity contribution is 5.53. The van der Waals surface area contributed by atoms with Gasteiger partial charge in [-0.15, -0.1) is 0 Å². The molecule has 18 heavy (non-hydrogen) atoms. The molecule has 0 amide bonds. The van der Waals surface area contributed by atoms with E-state index in [9.17, 15) is 0 Å². The predicted octanol–water partition coefficient (Wildman–Crippen LogP) is 3.36. The third-order valence-electron chi connectivity index (χ3n) is 3.10. The smallest absolute Gasteiger partial charge is 0.122 e. The number of rotatable bonds is 6. The summed E-state index contributed by atoms with van der Waals surface area (Å²) in [5, 5.41) is 3.53. The summed E-state index contributed by atoms with van der Waals surface area (Å²) in [5.41, 5.74) is 7.99. The fourth-order valence-electron chi connectivity index (χ4n) is 2.08. The van der Waals surface area contributed by atoms with Crippen LogP contribution in [0.3, 0.4) is 0 Å². The van der Waals surface area contributed by atoms with Crippen LogP contribution in [0.25, 0.3) is 0 Å². The van der Waals surface area contributed by atoms with Crippen LogP contribution >= 0.6 is 0 Å². The molecule has 3 heteroatoms. The lowest BCUT2D eigenvalue weighted by atomic mass is 9.98. The van der Waals surface area contributed by atoms with Crippen molar-refractivity contribution in [2.75, 3.05) is 19.0 Å². The van der Waals surface area contributed by atoms with Crippen molar-refractivity contribution in [3.8, 4) is 5.75 Å². The Labute approximate surface area is 111 Å². The number of ether oxygens (including phenoxy) is 1. The first-order chi connectivity index (χ1) is 8.39. The van der Waals surface area contributed by atoms with Crippen LogP contribution in [0.1, 0.15) is 45.6 Å². The maximum Gasteiger partial charge on any atom is 0.122 e. The van der Waals surface area contributed by atoms with Crippen LogP contribution in [0.4, 0.5) is 5.69 Å². The van der Waals surface area contributed by atoms with Gasteiger partial charge in [0.15, 0.2) is 0 Å². The SMILES string of the molecule is COc1ccc(NC(C)(C)CCN)cc1C(C)C. The largest absolute Gasteiger partial charge is 0.496 e. The number of nitrogens with two attached hydrogens (primary N) is 1. The standard InChI is InChI=1S/C15H26N2O/c1-11(2)13-10-12(6-7-14(13)18-5)17-15(3,4)8-9-16/h6-7,10-11,17H,8-9,16H2,1-5H3. The molecule has 1 aromatic rings. The number of hydrogen-bond donors (Lipinski definition) is 2. The number of anilines is 1. The van der Waals surface area contributed by atoms with Gasteiger partial charge in [-0.05, 0) is 56.5 Å². The van der Waals surface area contributed by atoms with Gasteiger partial charge in [0.05, 0.1) is 7.11 Å². The van der Waals surface area contributed by atoms with Crippen molar-refractivity contribution >= 4 is 5.69 Å². The van der Waals surface area contributed by atoms with E-state index in [2.05, 4.69) is 45.1 Å². The van der Waals surface area contributed by atoms with Gasteiger partial charge in [-0.25, -0.2) is 0 Å². The Morgan fingerprint density at radius 3 is 2.50 bits per heavy atom. The van der Waals surface area contributed by atoms with E-state index in [1.54, 1.807) is 7.11 Å². The number of hydrogen-bond acceptors (Lipinski definition) is 3. The minimum Gasteiger partial charge on any atom is -0.496 e. The molecule has 0 unspecified atom stereocenters. The molecule has 0 saturated carbocycles. The second kappa shape index (κ2) is 6.10. The fourth-order valence-corrected chi connectivity index (χ4v) is 2.08. The van der Waals surface area contributed by atoms with E-state index >= 15 is 0 Å². The first-order valence-corrected chi connectivity index (χ1v) is 6.56. The molecule has 3 nitrogen and oxygen atoms in total. The quantitative estimate of drug-likeness (QED) is 0.814. The zero-order valence-electron chi connectivity index (χ0n) is 12.2. The normalized spacial score (nSPS) is 11.7. The highest BCUT2D eigenvalue weighted by Gasteiger charge is 2.17. The molecular weight excluding hydrogens is 224 g/mol. The molecule has 0 aromatic heterocycles.